The molecule has 0 saturated heterocycles. The first-order chi connectivity index (χ1) is 18.3. The molecule has 0 radical (unpaired) electrons. The van der Waals surface area contributed by atoms with E-state index in [4.69, 9.17) is 18.9 Å². The summed E-state index contributed by atoms with van der Waals surface area (Å²) in [6, 6.07) is 17.9. The quantitative estimate of drug-likeness (QED) is 0.149. The van der Waals surface area contributed by atoms with Crippen LogP contribution in [0, 0.1) is 0 Å². The van der Waals surface area contributed by atoms with E-state index in [0.717, 1.165) is 0 Å². The van der Waals surface area contributed by atoms with Crippen molar-refractivity contribution < 1.29 is 42.9 Å². The van der Waals surface area contributed by atoms with E-state index in [1.807, 2.05) is 0 Å². The van der Waals surface area contributed by atoms with Gasteiger partial charge in [-0.1, -0.05) is 31.2 Å². The Bertz CT molecular complexity index is 1280. The van der Waals surface area contributed by atoms with Gasteiger partial charge < -0.3 is 18.9 Å². The van der Waals surface area contributed by atoms with Gasteiger partial charge in [0, 0.05) is 17.5 Å². The zero-order valence-corrected chi connectivity index (χ0v) is 20.9. The summed E-state index contributed by atoms with van der Waals surface area (Å²) in [4.78, 5) is 60.3. The number of benzene rings is 3. The summed E-state index contributed by atoms with van der Waals surface area (Å²) < 4.78 is 21.1. The summed E-state index contributed by atoms with van der Waals surface area (Å²) in [5, 5.41) is 0. The van der Waals surface area contributed by atoms with Crippen molar-refractivity contribution in [3.05, 3.63) is 101 Å². The average molecular weight is 519 g/mol. The fourth-order valence-corrected chi connectivity index (χ4v) is 3.26. The van der Waals surface area contributed by atoms with E-state index in [2.05, 4.69) is 0 Å². The van der Waals surface area contributed by atoms with E-state index < -0.39 is 30.6 Å². The van der Waals surface area contributed by atoms with Gasteiger partial charge in [0.2, 0.25) is 0 Å². The molecule has 0 aromatic heterocycles. The topological polar surface area (TPSA) is 122 Å². The Morgan fingerprint density at radius 2 is 1.13 bits per heavy atom. The van der Waals surface area contributed by atoms with Crippen molar-refractivity contribution in [1.82, 2.24) is 0 Å². The Balaban J connectivity index is 1.68. The molecule has 1 atom stereocenters. The Morgan fingerprint density at radius 3 is 1.61 bits per heavy atom. The SMILES string of the molecule is CCC(=O)c1ccc(C(=O)OC(COC(=O)c2ccc(C=O)cc2)COC(=O)c2ccc(OC)cc2)cc1. The maximum atomic E-state index is 12.7. The van der Waals surface area contributed by atoms with Crippen LogP contribution in [0.2, 0.25) is 0 Å². The molecule has 9 heteroatoms. The maximum absolute atomic E-state index is 12.7. The largest absolute Gasteiger partial charge is 0.497 e. The van der Waals surface area contributed by atoms with E-state index in [-0.39, 0.29) is 29.1 Å². The smallest absolute Gasteiger partial charge is 0.338 e. The number of ether oxygens (including phenoxy) is 4. The van der Waals surface area contributed by atoms with Crippen molar-refractivity contribution in [1.29, 1.82) is 0 Å². The molecule has 0 aliphatic heterocycles. The van der Waals surface area contributed by atoms with Gasteiger partial charge in [-0.25, -0.2) is 14.4 Å². The third-order valence-corrected chi connectivity index (χ3v) is 5.45. The number of carbonyl (C=O) groups is 5. The molecule has 1 unspecified atom stereocenters. The summed E-state index contributed by atoms with van der Waals surface area (Å²) in [5.41, 5.74) is 1.46. The normalized spacial score (nSPS) is 11.1. The van der Waals surface area contributed by atoms with Gasteiger partial charge in [-0.05, 0) is 48.5 Å². The average Bonchev–Trinajstić information content (AvgIpc) is 2.97. The molecular weight excluding hydrogens is 492 g/mol. The third-order valence-electron chi connectivity index (χ3n) is 5.45. The monoisotopic (exact) mass is 518 g/mol. The van der Waals surface area contributed by atoms with Gasteiger partial charge in [0.05, 0.1) is 23.8 Å². The number of ketones is 1. The lowest BCUT2D eigenvalue weighted by Gasteiger charge is -2.18. The minimum Gasteiger partial charge on any atom is -0.497 e. The predicted octanol–water partition coefficient (Wildman–Crippen LogP) is 4.34. The Kier molecular flexibility index (Phi) is 9.87. The van der Waals surface area contributed by atoms with E-state index in [9.17, 15) is 24.0 Å². The van der Waals surface area contributed by atoms with Crippen LogP contribution >= 0.6 is 0 Å². The van der Waals surface area contributed by atoms with Gasteiger partial charge >= 0.3 is 17.9 Å². The summed E-state index contributed by atoms with van der Waals surface area (Å²) in [5.74, 6) is -1.65. The zero-order valence-electron chi connectivity index (χ0n) is 20.9. The molecule has 196 valence electrons. The maximum Gasteiger partial charge on any atom is 0.338 e. The second-order valence-electron chi connectivity index (χ2n) is 8.05. The van der Waals surface area contributed by atoms with E-state index >= 15 is 0 Å². The standard InChI is InChI=1S/C29H26O9/c1-3-26(31)20-8-10-23(11-9-20)29(34)38-25(17-36-27(32)21-6-4-19(16-30)5-7-21)18-37-28(33)22-12-14-24(35-2)15-13-22/h4-16,25H,3,17-18H2,1-2H3. The summed E-state index contributed by atoms with van der Waals surface area (Å²) >= 11 is 0. The Labute approximate surface area is 219 Å². The van der Waals surface area contributed by atoms with Crippen molar-refractivity contribution in [2.75, 3.05) is 20.3 Å². The predicted molar refractivity (Wildman–Crippen MR) is 136 cm³/mol. The summed E-state index contributed by atoms with van der Waals surface area (Å²) in [6.07, 6.45) is -0.152. The second-order valence-corrected chi connectivity index (χ2v) is 8.05. The fraction of sp³-hybridized carbons (Fsp3) is 0.207. The molecule has 0 heterocycles. The lowest BCUT2D eigenvalue weighted by Crippen LogP contribution is -2.31. The molecule has 38 heavy (non-hydrogen) atoms. The van der Waals surface area contributed by atoms with E-state index in [0.29, 0.717) is 29.6 Å². The van der Waals surface area contributed by atoms with Crippen LogP contribution in [-0.4, -0.2) is 56.4 Å². The molecule has 0 spiro atoms. The highest BCUT2D eigenvalue weighted by molar-refractivity contribution is 5.97. The molecule has 0 aliphatic carbocycles. The number of carbonyl (C=O) groups excluding carboxylic acids is 5. The molecule has 0 aliphatic rings. The molecule has 0 N–H and O–H groups in total. The molecular formula is C29H26O9. The van der Waals surface area contributed by atoms with Crippen molar-refractivity contribution >= 4 is 30.0 Å². The molecule has 0 bridgehead atoms. The van der Waals surface area contributed by atoms with Gasteiger partial charge in [-0.2, -0.15) is 0 Å². The van der Waals surface area contributed by atoms with Crippen molar-refractivity contribution in [3.8, 4) is 5.75 Å². The van der Waals surface area contributed by atoms with Gasteiger partial charge in [0.1, 0.15) is 25.2 Å². The third kappa shape index (κ3) is 7.60. The first kappa shape index (κ1) is 27.8. The molecule has 3 aromatic rings. The van der Waals surface area contributed by atoms with Crippen molar-refractivity contribution in [3.63, 3.8) is 0 Å². The number of hydrogen-bond donors (Lipinski definition) is 0. The van der Waals surface area contributed by atoms with Crippen LogP contribution < -0.4 is 4.74 Å². The number of Topliss-reactive ketones (excluding diaryl/α,β-unsaturated/α-hetero) is 1. The fourth-order valence-electron chi connectivity index (χ4n) is 3.26. The molecule has 3 aromatic carbocycles. The molecule has 9 nitrogen and oxygen atoms in total. The minimum absolute atomic E-state index is 0.0682. The minimum atomic E-state index is -1.13. The summed E-state index contributed by atoms with van der Waals surface area (Å²) in [7, 11) is 1.50. The lowest BCUT2D eigenvalue weighted by atomic mass is 10.1. The summed E-state index contributed by atoms with van der Waals surface area (Å²) in [6.45, 7) is 0.947. The van der Waals surface area contributed by atoms with Crippen LogP contribution in [0.1, 0.15) is 65.1 Å². The molecule has 0 fully saturated rings. The highest BCUT2D eigenvalue weighted by Gasteiger charge is 2.22. The molecule has 3 rings (SSSR count). The number of hydrogen-bond acceptors (Lipinski definition) is 9. The number of esters is 3. The van der Waals surface area contributed by atoms with Crippen LogP contribution in [0.15, 0.2) is 72.8 Å². The molecule has 0 saturated carbocycles. The van der Waals surface area contributed by atoms with Crippen LogP contribution in [0.25, 0.3) is 0 Å². The van der Waals surface area contributed by atoms with Crippen LogP contribution in [0.5, 0.6) is 5.75 Å². The van der Waals surface area contributed by atoms with Crippen LogP contribution in [0.4, 0.5) is 0 Å². The number of aldehydes is 1. The van der Waals surface area contributed by atoms with E-state index in [1.54, 1.807) is 19.1 Å². The number of methoxy groups -OCH3 is 1. The second kappa shape index (κ2) is 13.5. The lowest BCUT2D eigenvalue weighted by molar-refractivity contribution is -0.0253. The first-order valence-corrected chi connectivity index (χ1v) is 11.7. The van der Waals surface area contributed by atoms with Crippen LogP contribution in [-0.2, 0) is 14.2 Å². The van der Waals surface area contributed by atoms with Crippen molar-refractivity contribution in [2.45, 2.75) is 19.4 Å². The Morgan fingerprint density at radius 1 is 0.684 bits per heavy atom. The van der Waals surface area contributed by atoms with Gasteiger partial charge in [-0.15, -0.1) is 0 Å². The van der Waals surface area contributed by atoms with Gasteiger partial charge in [0.25, 0.3) is 0 Å². The van der Waals surface area contributed by atoms with E-state index in [1.165, 1.54) is 67.8 Å². The Hall–Kier alpha value is -4.79. The van der Waals surface area contributed by atoms with Gasteiger partial charge in [-0.3, -0.25) is 9.59 Å². The number of rotatable bonds is 12. The van der Waals surface area contributed by atoms with Crippen LogP contribution in [0.3, 0.4) is 0 Å². The zero-order chi connectivity index (χ0) is 27.5. The van der Waals surface area contributed by atoms with Crippen molar-refractivity contribution in [2.24, 2.45) is 0 Å². The highest BCUT2D eigenvalue weighted by atomic mass is 16.6. The first-order valence-electron chi connectivity index (χ1n) is 11.7. The molecule has 0 amide bonds. The highest BCUT2D eigenvalue weighted by Crippen LogP contribution is 2.14. The van der Waals surface area contributed by atoms with Gasteiger partial charge in [0.15, 0.2) is 11.9 Å².